The Hall–Kier alpha value is -0.830. The van der Waals surface area contributed by atoms with Gasteiger partial charge in [-0.05, 0) is 43.1 Å². The second kappa shape index (κ2) is 4.21. The number of nitrogens with two attached hydrogens (primary N) is 1. The minimum atomic E-state index is 0.357. The summed E-state index contributed by atoms with van der Waals surface area (Å²) in [5.41, 5.74) is 7.85. The topological polar surface area (TPSA) is 43.8 Å². The lowest BCUT2D eigenvalue weighted by atomic mass is 9.69. The molecule has 0 saturated heterocycles. The Kier molecular flexibility index (Phi) is 3.06. The van der Waals surface area contributed by atoms with Crippen LogP contribution in [0.2, 0.25) is 0 Å². The zero-order valence-corrected chi connectivity index (χ0v) is 10.6. The highest BCUT2D eigenvalue weighted by atomic mass is 15.2. The SMILES string of the molecule is Cn1ccc(CC2CC(C)(C)CCC2N)n1. The van der Waals surface area contributed by atoms with Crippen LogP contribution in [0.1, 0.15) is 38.8 Å². The van der Waals surface area contributed by atoms with E-state index in [-0.39, 0.29) is 0 Å². The summed E-state index contributed by atoms with van der Waals surface area (Å²) >= 11 is 0. The maximum absolute atomic E-state index is 6.22. The molecule has 0 aromatic carbocycles. The molecule has 2 unspecified atom stereocenters. The molecular formula is C13H23N3. The Morgan fingerprint density at radius 3 is 2.94 bits per heavy atom. The van der Waals surface area contributed by atoms with Crippen LogP contribution >= 0.6 is 0 Å². The second-order valence-corrected chi connectivity index (χ2v) is 6.02. The van der Waals surface area contributed by atoms with E-state index in [1.165, 1.54) is 18.5 Å². The van der Waals surface area contributed by atoms with Crippen molar-refractivity contribution in [2.45, 2.75) is 45.6 Å². The molecule has 3 nitrogen and oxygen atoms in total. The average molecular weight is 221 g/mol. The number of hydrogen-bond acceptors (Lipinski definition) is 2. The fraction of sp³-hybridized carbons (Fsp3) is 0.769. The van der Waals surface area contributed by atoms with E-state index in [2.05, 4.69) is 25.0 Å². The third kappa shape index (κ3) is 2.64. The molecule has 0 spiro atoms. The highest BCUT2D eigenvalue weighted by Crippen LogP contribution is 2.39. The minimum absolute atomic E-state index is 0.357. The van der Waals surface area contributed by atoms with Gasteiger partial charge in [0.25, 0.3) is 0 Å². The second-order valence-electron chi connectivity index (χ2n) is 6.02. The van der Waals surface area contributed by atoms with E-state index >= 15 is 0 Å². The molecule has 0 amide bonds. The van der Waals surface area contributed by atoms with Gasteiger partial charge < -0.3 is 5.73 Å². The van der Waals surface area contributed by atoms with Gasteiger partial charge in [-0.1, -0.05) is 13.8 Å². The summed E-state index contributed by atoms with van der Waals surface area (Å²) in [5.74, 6) is 0.596. The number of aromatic nitrogens is 2. The van der Waals surface area contributed by atoms with Crippen molar-refractivity contribution in [3.63, 3.8) is 0 Å². The van der Waals surface area contributed by atoms with Crippen molar-refractivity contribution in [3.8, 4) is 0 Å². The van der Waals surface area contributed by atoms with E-state index in [9.17, 15) is 0 Å². The Bertz CT molecular complexity index is 354. The molecule has 16 heavy (non-hydrogen) atoms. The largest absolute Gasteiger partial charge is 0.327 e. The molecule has 1 heterocycles. The first-order valence-electron chi connectivity index (χ1n) is 6.20. The first-order valence-corrected chi connectivity index (χ1v) is 6.20. The molecule has 2 atom stereocenters. The lowest BCUT2D eigenvalue weighted by molar-refractivity contribution is 0.156. The van der Waals surface area contributed by atoms with Gasteiger partial charge in [-0.25, -0.2) is 0 Å². The van der Waals surface area contributed by atoms with Crippen molar-refractivity contribution in [1.29, 1.82) is 0 Å². The molecule has 3 heteroatoms. The van der Waals surface area contributed by atoms with Crippen molar-refractivity contribution in [2.75, 3.05) is 0 Å². The molecule has 1 aromatic rings. The van der Waals surface area contributed by atoms with Crippen molar-refractivity contribution in [3.05, 3.63) is 18.0 Å². The standard InChI is InChI=1S/C13H23N3/c1-13(2)6-4-12(14)10(9-13)8-11-5-7-16(3)15-11/h5,7,10,12H,4,6,8-9,14H2,1-3H3. The van der Waals surface area contributed by atoms with Gasteiger partial charge >= 0.3 is 0 Å². The van der Waals surface area contributed by atoms with Crippen LogP contribution in [0, 0.1) is 11.3 Å². The molecule has 1 saturated carbocycles. The van der Waals surface area contributed by atoms with Gasteiger partial charge in [0, 0.05) is 19.3 Å². The molecule has 90 valence electrons. The van der Waals surface area contributed by atoms with Crippen molar-refractivity contribution < 1.29 is 0 Å². The smallest absolute Gasteiger partial charge is 0.0627 e. The van der Waals surface area contributed by atoms with Crippen molar-refractivity contribution in [1.82, 2.24) is 9.78 Å². The van der Waals surface area contributed by atoms with Gasteiger partial charge in [-0.2, -0.15) is 5.10 Å². The van der Waals surface area contributed by atoms with E-state index in [1.54, 1.807) is 0 Å². The Balaban J connectivity index is 2.02. The third-order valence-corrected chi connectivity index (χ3v) is 3.81. The van der Waals surface area contributed by atoms with E-state index < -0.39 is 0 Å². The van der Waals surface area contributed by atoms with Gasteiger partial charge in [0.1, 0.15) is 0 Å². The summed E-state index contributed by atoms with van der Waals surface area (Å²) in [6, 6.07) is 2.46. The molecule has 2 rings (SSSR count). The maximum atomic E-state index is 6.22. The third-order valence-electron chi connectivity index (χ3n) is 3.81. The molecule has 2 N–H and O–H groups in total. The molecule has 1 aliphatic carbocycles. The molecule has 1 aliphatic rings. The predicted octanol–water partition coefficient (Wildman–Crippen LogP) is 2.12. The maximum Gasteiger partial charge on any atom is 0.0627 e. The number of rotatable bonds is 2. The van der Waals surface area contributed by atoms with E-state index in [0.29, 0.717) is 17.4 Å². The Morgan fingerprint density at radius 2 is 2.31 bits per heavy atom. The minimum Gasteiger partial charge on any atom is -0.327 e. The van der Waals surface area contributed by atoms with Crippen LogP contribution in [-0.4, -0.2) is 15.8 Å². The fourth-order valence-corrected chi connectivity index (χ4v) is 2.82. The van der Waals surface area contributed by atoms with Crippen LogP contribution in [0.15, 0.2) is 12.3 Å². The van der Waals surface area contributed by atoms with Gasteiger partial charge in [0.15, 0.2) is 0 Å². The molecule has 0 bridgehead atoms. The van der Waals surface area contributed by atoms with Gasteiger partial charge in [-0.15, -0.1) is 0 Å². The quantitative estimate of drug-likeness (QED) is 0.831. The summed E-state index contributed by atoms with van der Waals surface area (Å²) in [4.78, 5) is 0. The van der Waals surface area contributed by atoms with Crippen LogP contribution in [0.5, 0.6) is 0 Å². The molecular weight excluding hydrogens is 198 g/mol. The highest BCUT2D eigenvalue weighted by Gasteiger charge is 2.33. The first kappa shape index (κ1) is 11.6. The Morgan fingerprint density at radius 1 is 1.56 bits per heavy atom. The number of nitrogens with zero attached hydrogens (tertiary/aromatic N) is 2. The lowest BCUT2D eigenvalue weighted by Crippen LogP contribution is -2.40. The molecule has 1 fully saturated rings. The van der Waals surface area contributed by atoms with E-state index in [1.807, 2.05) is 17.9 Å². The van der Waals surface area contributed by atoms with Gasteiger partial charge in [-0.3, -0.25) is 4.68 Å². The van der Waals surface area contributed by atoms with E-state index in [0.717, 1.165) is 12.8 Å². The normalized spacial score (nSPS) is 29.2. The van der Waals surface area contributed by atoms with Gasteiger partial charge in [0.05, 0.1) is 5.69 Å². The highest BCUT2D eigenvalue weighted by molar-refractivity contribution is 5.02. The summed E-state index contributed by atoms with van der Waals surface area (Å²) in [5, 5.41) is 4.45. The zero-order chi connectivity index (χ0) is 11.8. The monoisotopic (exact) mass is 221 g/mol. The summed E-state index contributed by atoms with van der Waals surface area (Å²) in [6.45, 7) is 4.70. The zero-order valence-electron chi connectivity index (χ0n) is 10.6. The van der Waals surface area contributed by atoms with Crippen molar-refractivity contribution in [2.24, 2.45) is 24.1 Å². The van der Waals surface area contributed by atoms with E-state index in [4.69, 9.17) is 5.73 Å². The summed E-state index contributed by atoms with van der Waals surface area (Å²) in [6.07, 6.45) is 6.68. The summed E-state index contributed by atoms with van der Waals surface area (Å²) in [7, 11) is 1.97. The average Bonchev–Trinajstić information content (AvgIpc) is 2.58. The number of hydrogen-bond donors (Lipinski definition) is 1. The number of aryl methyl sites for hydroxylation is 1. The predicted molar refractivity (Wildman–Crippen MR) is 66.0 cm³/mol. The fourth-order valence-electron chi connectivity index (χ4n) is 2.82. The van der Waals surface area contributed by atoms with Crippen LogP contribution in [-0.2, 0) is 13.5 Å². The lowest BCUT2D eigenvalue weighted by Gasteiger charge is -2.39. The Labute approximate surface area is 98.0 Å². The van der Waals surface area contributed by atoms with Crippen LogP contribution in [0.3, 0.4) is 0 Å². The first-order chi connectivity index (χ1) is 7.46. The van der Waals surface area contributed by atoms with Gasteiger partial charge in [0.2, 0.25) is 0 Å². The van der Waals surface area contributed by atoms with Crippen LogP contribution in [0.4, 0.5) is 0 Å². The molecule has 0 aliphatic heterocycles. The van der Waals surface area contributed by atoms with Crippen molar-refractivity contribution >= 4 is 0 Å². The van der Waals surface area contributed by atoms with Crippen LogP contribution < -0.4 is 5.73 Å². The molecule has 1 aromatic heterocycles. The van der Waals surface area contributed by atoms with Crippen LogP contribution in [0.25, 0.3) is 0 Å². The summed E-state index contributed by atoms with van der Waals surface area (Å²) < 4.78 is 1.87. The molecule has 0 radical (unpaired) electrons.